The summed E-state index contributed by atoms with van der Waals surface area (Å²) in [5, 5.41) is 9.27. The number of carbonyl (C=O) groups excluding carboxylic acids is 1. The Kier molecular flexibility index (Phi) is 3.79. The van der Waals surface area contributed by atoms with Gasteiger partial charge in [-0.15, -0.1) is 0 Å². The fraction of sp³-hybridized carbons (Fsp3) is 0.308. The number of rotatable bonds is 5. The number of benzene rings is 1. The number of hydrogen-bond donors (Lipinski definition) is 1. The van der Waals surface area contributed by atoms with E-state index in [0.717, 1.165) is 0 Å². The van der Waals surface area contributed by atoms with Crippen LogP contribution in [0.15, 0.2) is 30.6 Å². The summed E-state index contributed by atoms with van der Waals surface area (Å²) in [7, 11) is 0. The van der Waals surface area contributed by atoms with E-state index in [2.05, 4.69) is 4.98 Å². The molecule has 0 saturated heterocycles. The van der Waals surface area contributed by atoms with E-state index in [1.807, 2.05) is 6.07 Å². The molecule has 0 aliphatic carbocycles. The van der Waals surface area contributed by atoms with Gasteiger partial charge in [-0.25, -0.2) is 9.78 Å². The summed E-state index contributed by atoms with van der Waals surface area (Å²) in [6.45, 7) is 1.91. The van der Waals surface area contributed by atoms with Gasteiger partial charge in [0, 0.05) is 0 Å². The topological polar surface area (TPSA) is 81.4 Å². The Morgan fingerprint density at radius 3 is 2.84 bits per heavy atom. The molecule has 6 nitrogen and oxygen atoms in total. The molecule has 2 aromatic rings. The molecule has 1 atom stereocenters. The highest BCUT2D eigenvalue weighted by molar-refractivity contribution is 5.83. The lowest BCUT2D eigenvalue weighted by Crippen LogP contribution is -2.22. The number of hydrogen-bond acceptors (Lipinski definition) is 4. The first kappa shape index (κ1) is 13.1. The standard InChI is InChI=1S/C13H14N2O4/c1-2-19-12(16)7-11(13(17)18)15-8-14-9-5-3-4-6-10(9)15/h3-6,8,11H,2,7H2,1H3,(H,17,18)/t11-/m0/s1. The number of carboxylic acid groups (broad SMARTS) is 1. The second-order valence-corrected chi connectivity index (χ2v) is 4.00. The number of imidazole rings is 1. The SMILES string of the molecule is CCOC(=O)C[C@@H](C(=O)O)n1cnc2ccccc21. The van der Waals surface area contributed by atoms with Crippen LogP contribution in [0.3, 0.4) is 0 Å². The highest BCUT2D eigenvalue weighted by atomic mass is 16.5. The number of aliphatic carboxylic acids is 1. The van der Waals surface area contributed by atoms with Crippen LogP contribution in [0.2, 0.25) is 0 Å². The zero-order chi connectivity index (χ0) is 13.8. The van der Waals surface area contributed by atoms with E-state index >= 15 is 0 Å². The highest BCUT2D eigenvalue weighted by Gasteiger charge is 2.25. The summed E-state index contributed by atoms with van der Waals surface area (Å²) in [6.07, 6.45) is 1.21. The van der Waals surface area contributed by atoms with Gasteiger partial charge in [0.05, 0.1) is 30.4 Å². The molecule has 0 radical (unpaired) electrons. The van der Waals surface area contributed by atoms with Crippen molar-refractivity contribution >= 4 is 23.0 Å². The molecule has 0 aliphatic rings. The number of nitrogens with zero attached hydrogens (tertiary/aromatic N) is 2. The van der Waals surface area contributed by atoms with Crippen molar-refractivity contribution in [2.75, 3.05) is 6.61 Å². The molecule has 100 valence electrons. The van der Waals surface area contributed by atoms with Crippen LogP contribution >= 0.6 is 0 Å². The first-order valence-electron chi connectivity index (χ1n) is 5.93. The van der Waals surface area contributed by atoms with Crippen LogP contribution in [-0.4, -0.2) is 33.2 Å². The summed E-state index contributed by atoms with van der Waals surface area (Å²) in [5.41, 5.74) is 1.37. The van der Waals surface area contributed by atoms with Crippen molar-refractivity contribution in [1.29, 1.82) is 0 Å². The monoisotopic (exact) mass is 262 g/mol. The molecule has 2 rings (SSSR count). The minimum absolute atomic E-state index is 0.219. The van der Waals surface area contributed by atoms with Crippen LogP contribution < -0.4 is 0 Å². The lowest BCUT2D eigenvalue weighted by atomic mass is 10.2. The minimum atomic E-state index is -1.09. The number of esters is 1. The molecule has 6 heteroatoms. The van der Waals surface area contributed by atoms with Gasteiger partial charge in [-0.05, 0) is 19.1 Å². The van der Waals surface area contributed by atoms with Crippen LogP contribution in [0, 0.1) is 0 Å². The first-order chi connectivity index (χ1) is 9.13. The number of fused-ring (bicyclic) bond motifs is 1. The summed E-state index contributed by atoms with van der Waals surface area (Å²) in [5.74, 6) is -1.62. The zero-order valence-electron chi connectivity index (χ0n) is 10.4. The fourth-order valence-electron chi connectivity index (χ4n) is 1.91. The van der Waals surface area contributed by atoms with Gasteiger partial charge < -0.3 is 14.4 Å². The van der Waals surface area contributed by atoms with Crippen molar-refractivity contribution in [3.8, 4) is 0 Å². The van der Waals surface area contributed by atoms with Crippen LogP contribution in [-0.2, 0) is 14.3 Å². The van der Waals surface area contributed by atoms with Gasteiger partial charge in [0.15, 0.2) is 0 Å². The predicted molar refractivity (Wildman–Crippen MR) is 67.7 cm³/mol. The second kappa shape index (κ2) is 5.51. The fourth-order valence-corrected chi connectivity index (χ4v) is 1.91. The molecule has 0 aliphatic heterocycles. The van der Waals surface area contributed by atoms with Crippen molar-refractivity contribution in [3.63, 3.8) is 0 Å². The normalized spacial score (nSPS) is 12.3. The highest BCUT2D eigenvalue weighted by Crippen LogP contribution is 2.20. The predicted octanol–water partition coefficient (Wildman–Crippen LogP) is 1.62. The third-order valence-corrected chi connectivity index (χ3v) is 2.77. The maximum atomic E-state index is 11.5. The second-order valence-electron chi connectivity index (χ2n) is 4.00. The molecule has 0 fully saturated rings. The van der Waals surface area contributed by atoms with Crippen LogP contribution in [0.1, 0.15) is 19.4 Å². The molecule has 0 unspecified atom stereocenters. The van der Waals surface area contributed by atoms with Gasteiger partial charge in [0.1, 0.15) is 6.04 Å². The molecule has 1 heterocycles. The van der Waals surface area contributed by atoms with Crippen LogP contribution in [0.5, 0.6) is 0 Å². The van der Waals surface area contributed by atoms with Gasteiger partial charge >= 0.3 is 11.9 Å². The Balaban J connectivity index is 2.34. The number of ether oxygens (including phenoxy) is 1. The molecule has 0 bridgehead atoms. The summed E-state index contributed by atoms with van der Waals surface area (Å²) < 4.78 is 6.28. The van der Waals surface area contributed by atoms with Crippen molar-refractivity contribution < 1.29 is 19.4 Å². The van der Waals surface area contributed by atoms with E-state index in [0.29, 0.717) is 11.0 Å². The van der Waals surface area contributed by atoms with E-state index in [4.69, 9.17) is 4.74 Å². The number of carboxylic acids is 1. The average Bonchev–Trinajstić information content (AvgIpc) is 2.79. The van der Waals surface area contributed by atoms with Crippen molar-refractivity contribution in [2.24, 2.45) is 0 Å². The van der Waals surface area contributed by atoms with Gasteiger partial charge in [0.25, 0.3) is 0 Å². The lowest BCUT2D eigenvalue weighted by molar-refractivity contribution is -0.150. The smallest absolute Gasteiger partial charge is 0.327 e. The van der Waals surface area contributed by atoms with E-state index in [9.17, 15) is 14.7 Å². The molecular formula is C13H14N2O4. The average molecular weight is 262 g/mol. The number of aromatic nitrogens is 2. The van der Waals surface area contributed by atoms with Gasteiger partial charge in [-0.3, -0.25) is 4.79 Å². The summed E-state index contributed by atoms with van der Waals surface area (Å²) in [4.78, 5) is 26.9. The maximum Gasteiger partial charge on any atom is 0.327 e. The Morgan fingerprint density at radius 2 is 2.16 bits per heavy atom. The van der Waals surface area contributed by atoms with Gasteiger partial charge in [0.2, 0.25) is 0 Å². The van der Waals surface area contributed by atoms with Crippen molar-refractivity contribution in [1.82, 2.24) is 9.55 Å². The Labute approximate surface area is 109 Å². The van der Waals surface area contributed by atoms with Crippen LogP contribution in [0.4, 0.5) is 0 Å². The van der Waals surface area contributed by atoms with E-state index in [1.165, 1.54) is 10.9 Å². The van der Waals surface area contributed by atoms with Gasteiger partial charge in [-0.1, -0.05) is 12.1 Å². The van der Waals surface area contributed by atoms with Crippen molar-refractivity contribution in [3.05, 3.63) is 30.6 Å². The molecule has 1 aromatic heterocycles. The number of para-hydroxylation sites is 2. The Hall–Kier alpha value is -2.37. The molecule has 0 amide bonds. The number of carbonyl (C=O) groups is 2. The third kappa shape index (κ3) is 2.73. The summed E-state index contributed by atoms with van der Waals surface area (Å²) >= 11 is 0. The molecule has 1 N–H and O–H groups in total. The molecular weight excluding hydrogens is 248 g/mol. The molecule has 19 heavy (non-hydrogen) atoms. The van der Waals surface area contributed by atoms with E-state index in [-0.39, 0.29) is 13.0 Å². The van der Waals surface area contributed by atoms with E-state index in [1.54, 1.807) is 25.1 Å². The Bertz CT molecular complexity index is 605. The maximum absolute atomic E-state index is 11.5. The lowest BCUT2D eigenvalue weighted by Gasteiger charge is -2.14. The largest absolute Gasteiger partial charge is 0.480 e. The van der Waals surface area contributed by atoms with Crippen molar-refractivity contribution in [2.45, 2.75) is 19.4 Å². The zero-order valence-corrected chi connectivity index (χ0v) is 10.4. The molecule has 0 spiro atoms. The van der Waals surface area contributed by atoms with E-state index < -0.39 is 18.0 Å². The van der Waals surface area contributed by atoms with Gasteiger partial charge in [-0.2, -0.15) is 0 Å². The molecule has 0 saturated carbocycles. The minimum Gasteiger partial charge on any atom is -0.480 e. The summed E-state index contributed by atoms with van der Waals surface area (Å²) in [6, 6.07) is 6.16. The first-order valence-corrected chi connectivity index (χ1v) is 5.93. The quantitative estimate of drug-likeness (QED) is 0.828. The van der Waals surface area contributed by atoms with Crippen LogP contribution in [0.25, 0.3) is 11.0 Å². The Morgan fingerprint density at radius 1 is 1.42 bits per heavy atom. The molecule has 1 aromatic carbocycles. The third-order valence-electron chi connectivity index (χ3n) is 2.77.